The van der Waals surface area contributed by atoms with E-state index < -0.39 is 16.0 Å². The van der Waals surface area contributed by atoms with Crippen LogP contribution < -0.4 is 21.1 Å². The van der Waals surface area contributed by atoms with Crippen molar-refractivity contribution >= 4 is 37.1 Å². The van der Waals surface area contributed by atoms with Gasteiger partial charge in [-0.05, 0) is 31.6 Å². The zero-order valence-electron chi connectivity index (χ0n) is 17.4. The molecule has 0 saturated carbocycles. The molecule has 0 aromatic heterocycles. The molecule has 0 aliphatic rings. The summed E-state index contributed by atoms with van der Waals surface area (Å²) in [6.07, 6.45) is 0. The lowest BCUT2D eigenvalue weighted by molar-refractivity contribution is 0.324. The van der Waals surface area contributed by atoms with Gasteiger partial charge in [0.2, 0.25) is 0 Å². The van der Waals surface area contributed by atoms with E-state index in [4.69, 9.17) is 0 Å². The van der Waals surface area contributed by atoms with Crippen LogP contribution in [0.15, 0.2) is 72.8 Å². The third kappa shape index (κ3) is 4.29. The molecule has 0 radical (unpaired) electrons. The van der Waals surface area contributed by atoms with E-state index in [0.29, 0.717) is 6.04 Å². The Hall–Kier alpha value is -1.60. The summed E-state index contributed by atoms with van der Waals surface area (Å²) in [7, 11) is 2.41. The Morgan fingerprint density at radius 2 is 1.30 bits per heavy atom. The van der Waals surface area contributed by atoms with Crippen LogP contribution in [0.1, 0.15) is 18.5 Å². The lowest BCUT2D eigenvalue weighted by Crippen LogP contribution is -2.42. The van der Waals surface area contributed by atoms with Crippen LogP contribution in [0.4, 0.5) is 0 Å². The Balaban J connectivity index is 2.26. The van der Waals surface area contributed by atoms with Gasteiger partial charge in [-0.3, -0.25) is 0 Å². The Kier molecular flexibility index (Phi) is 6.10. The highest BCUT2D eigenvalue weighted by Crippen LogP contribution is 2.36. The van der Waals surface area contributed by atoms with Crippen molar-refractivity contribution in [2.24, 2.45) is 0 Å². The summed E-state index contributed by atoms with van der Waals surface area (Å²) in [5, 5.41) is 6.00. The number of hydrogen-bond acceptors (Lipinski definition) is 1. The number of benzene rings is 2. The van der Waals surface area contributed by atoms with Crippen LogP contribution in [0.25, 0.3) is 0 Å². The Bertz CT molecular complexity index is 823. The minimum Gasteiger partial charge on any atom is -0.305 e. The average molecular weight is 393 g/mol. The van der Waals surface area contributed by atoms with Crippen molar-refractivity contribution in [3.8, 4) is 0 Å². The first-order valence-corrected chi connectivity index (χ1v) is 14.5. The van der Waals surface area contributed by atoms with Crippen molar-refractivity contribution in [1.82, 2.24) is 4.90 Å². The topological polar surface area (TPSA) is 3.24 Å². The molecule has 0 N–H and O–H groups in total. The van der Waals surface area contributed by atoms with Gasteiger partial charge in [-0.1, -0.05) is 88.2 Å². The predicted octanol–water partition coefficient (Wildman–Crippen LogP) is 4.33. The standard InChI is InChI=1S/C24H31NPSi/c1-19(25(2)3)24-22(17-18-23(24)27(4,5)6)26(20-13-9-7-10-14-20)21-15-11-8-12-16-21/h7-19H,1-6H3/q-1/t19-/m0/s1. The van der Waals surface area contributed by atoms with Crippen molar-refractivity contribution in [3.63, 3.8) is 0 Å². The first kappa shape index (κ1) is 20.1. The smallest absolute Gasteiger partial charge is 0.00901 e. The molecular weight excluding hydrogens is 361 g/mol. The Labute approximate surface area is 167 Å². The van der Waals surface area contributed by atoms with Gasteiger partial charge in [-0.2, -0.15) is 11.3 Å². The third-order valence-corrected chi connectivity index (χ3v) is 9.80. The van der Waals surface area contributed by atoms with Crippen LogP contribution >= 0.6 is 7.92 Å². The van der Waals surface area contributed by atoms with E-state index in [1.807, 2.05) is 0 Å². The van der Waals surface area contributed by atoms with Crippen molar-refractivity contribution in [3.05, 3.63) is 78.4 Å². The normalized spacial score (nSPS) is 13.3. The molecule has 0 heterocycles. The second kappa shape index (κ2) is 8.18. The second-order valence-corrected chi connectivity index (χ2v) is 15.7. The van der Waals surface area contributed by atoms with Gasteiger partial charge in [-0.15, -0.1) is 10.9 Å². The molecule has 0 bridgehead atoms. The van der Waals surface area contributed by atoms with Crippen LogP contribution in [-0.4, -0.2) is 27.1 Å². The highest BCUT2D eigenvalue weighted by molar-refractivity contribution is 7.80. The molecule has 3 aromatic carbocycles. The summed E-state index contributed by atoms with van der Waals surface area (Å²) < 4.78 is 0. The van der Waals surface area contributed by atoms with Gasteiger partial charge in [0.1, 0.15) is 0 Å². The first-order chi connectivity index (χ1) is 12.8. The molecular formula is C24H31NPSi-. The number of rotatable bonds is 6. The largest absolute Gasteiger partial charge is 0.305 e. The molecule has 142 valence electrons. The van der Waals surface area contributed by atoms with E-state index in [-0.39, 0.29) is 0 Å². The average Bonchev–Trinajstić information content (AvgIpc) is 3.08. The predicted molar refractivity (Wildman–Crippen MR) is 126 cm³/mol. The summed E-state index contributed by atoms with van der Waals surface area (Å²) >= 11 is 0. The molecule has 1 atom stereocenters. The molecule has 1 nitrogen and oxygen atoms in total. The van der Waals surface area contributed by atoms with Crippen molar-refractivity contribution in [2.45, 2.75) is 32.6 Å². The van der Waals surface area contributed by atoms with E-state index in [2.05, 4.69) is 118 Å². The fourth-order valence-corrected chi connectivity index (χ4v) is 8.01. The second-order valence-electron chi connectivity index (χ2n) is 8.44. The van der Waals surface area contributed by atoms with E-state index in [9.17, 15) is 0 Å². The molecule has 0 unspecified atom stereocenters. The van der Waals surface area contributed by atoms with Gasteiger partial charge in [0.05, 0.1) is 0 Å². The van der Waals surface area contributed by atoms with Crippen molar-refractivity contribution in [2.75, 3.05) is 14.1 Å². The fourth-order valence-electron chi connectivity index (χ4n) is 3.61. The summed E-state index contributed by atoms with van der Waals surface area (Å²) in [4.78, 5) is 2.35. The molecule has 0 fully saturated rings. The first-order valence-electron chi connectivity index (χ1n) is 9.67. The highest BCUT2D eigenvalue weighted by atomic mass is 31.1. The lowest BCUT2D eigenvalue weighted by Gasteiger charge is -2.36. The zero-order chi connectivity index (χ0) is 19.6. The van der Waals surface area contributed by atoms with Crippen LogP contribution in [-0.2, 0) is 0 Å². The van der Waals surface area contributed by atoms with E-state index >= 15 is 0 Å². The van der Waals surface area contributed by atoms with Gasteiger partial charge in [0.25, 0.3) is 0 Å². The van der Waals surface area contributed by atoms with E-state index in [1.165, 1.54) is 15.9 Å². The van der Waals surface area contributed by atoms with Crippen LogP contribution in [0.5, 0.6) is 0 Å². The van der Waals surface area contributed by atoms with Crippen molar-refractivity contribution < 1.29 is 0 Å². The van der Waals surface area contributed by atoms with Gasteiger partial charge in [0, 0.05) is 14.1 Å². The quantitative estimate of drug-likeness (QED) is 0.343. The van der Waals surface area contributed by atoms with Gasteiger partial charge >= 0.3 is 0 Å². The Morgan fingerprint density at radius 1 is 0.815 bits per heavy atom. The maximum atomic E-state index is 2.46. The van der Waals surface area contributed by atoms with Gasteiger partial charge in [-0.25, -0.2) is 6.07 Å². The molecule has 0 amide bonds. The molecule has 0 spiro atoms. The number of hydrogen-bond donors (Lipinski definition) is 0. The maximum Gasteiger partial charge on any atom is 0.00901 e. The molecule has 0 aliphatic heterocycles. The molecule has 3 heteroatoms. The molecule has 27 heavy (non-hydrogen) atoms. The van der Waals surface area contributed by atoms with E-state index in [0.717, 1.165) is 0 Å². The van der Waals surface area contributed by atoms with Crippen LogP contribution in [0.3, 0.4) is 0 Å². The highest BCUT2D eigenvalue weighted by Gasteiger charge is 2.23. The van der Waals surface area contributed by atoms with Crippen LogP contribution in [0.2, 0.25) is 19.6 Å². The molecule has 3 aromatic rings. The Morgan fingerprint density at radius 3 is 1.70 bits per heavy atom. The summed E-state index contributed by atoms with van der Waals surface area (Å²) in [5.41, 5.74) is 1.57. The summed E-state index contributed by atoms with van der Waals surface area (Å²) in [6, 6.07) is 27.4. The third-order valence-electron chi connectivity index (χ3n) is 5.24. The van der Waals surface area contributed by atoms with E-state index in [1.54, 1.807) is 10.8 Å². The maximum absolute atomic E-state index is 2.46. The van der Waals surface area contributed by atoms with Crippen molar-refractivity contribution in [1.29, 1.82) is 0 Å². The van der Waals surface area contributed by atoms with Gasteiger partial charge in [0.15, 0.2) is 0 Å². The fraction of sp³-hybridized carbons (Fsp3) is 0.292. The minimum absolute atomic E-state index is 0.411. The SMILES string of the molecule is C[C@@H](c1c([Si](C)(C)C)cc[c-]1P(c1ccccc1)c1ccccc1)N(C)C. The van der Waals surface area contributed by atoms with Crippen LogP contribution in [0, 0.1) is 0 Å². The summed E-state index contributed by atoms with van der Waals surface area (Å²) in [5.74, 6) is 0. The summed E-state index contributed by atoms with van der Waals surface area (Å²) in [6.45, 7) is 9.74. The molecule has 3 rings (SSSR count). The molecule has 0 saturated heterocycles. The zero-order valence-corrected chi connectivity index (χ0v) is 19.3. The lowest BCUT2D eigenvalue weighted by atomic mass is 10.1. The monoisotopic (exact) mass is 392 g/mol. The molecule has 0 aliphatic carbocycles. The van der Waals surface area contributed by atoms with Gasteiger partial charge < -0.3 is 4.90 Å². The minimum atomic E-state index is -1.43. The number of nitrogens with zero attached hydrogens (tertiary/aromatic N) is 1.